The molecule has 0 spiro atoms. The Balaban J connectivity index is 1.88. The summed E-state index contributed by atoms with van der Waals surface area (Å²) in [7, 11) is 0. The number of rotatable bonds is 2. The van der Waals surface area contributed by atoms with Crippen molar-refractivity contribution in [2.24, 2.45) is 0 Å². The molecule has 2 aliphatic heterocycles. The molecule has 6 heteroatoms. The Morgan fingerprint density at radius 1 is 1.23 bits per heavy atom. The highest BCUT2D eigenvalue weighted by atomic mass is 16.5. The molecule has 2 aliphatic rings. The average molecular weight is 352 g/mol. The zero-order valence-corrected chi connectivity index (χ0v) is 15.2. The van der Waals surface area contributed by atoms with Crippen molar-refractivity contribution in [3.05, 3.63) is 52.5 Å². The molecule has 134 valence electrons. The molecule has 1 aromatic heterocycles. The van der Waals surface area contributed by atoms with Crippen molar-refractivity contribution in [1.82, 2.24) is 9.78 Å². The van der Waals surface area contributed by atoms with Gasteiger partial charge in [-0.3, -0.25) is 14.3 Å². The van der Waals surface area contributed by atoms with E-state index in [4.69, 9.17) is 9.47 Å². The fourth-order valence-corrected chi connectivity index (χ4v) is 3.42. The Kier molecular flexibility index (Phi) is 3.72. The topological polar surface area (TPSA) is 70.4 Å². The Morgan fingerprint density at radius 3 is 2.65 bits per heavy atom. The number of carbonyl (C=O) groups excluding carboxylic acids is 2. The van der Waals surface area contributed by atoms with E-state index in [1.165, 1.54) is 0 Å². The zero-order chi connectivity index (χ0) is 18.6. The van der Waals surface area contributed by atoms with Crippen molar-refractivity contribution in [2.45, 2.75) is 46.1 Å². The molecule has 2 aromatic rings. The molecule has 0 bridgehead atoms. The van der Waals surface area contributed by atoms with E-state index in [2.05, 4.69) is 5.10 Å². The summed E-state index contributed by atoms with van der Waals surface area (Å²) in [6, 6.07) is 3.57. The lowest BCUT2D eigenvalue weighted by Gasteiger charge is -2.25. The maximum absolute atomic E-state index is 12.6. The number of hydrogen-bond acceptors (Lipinski definition) is 5. The van der Waals surface area contributed by atoms with Gasteiger partial charge in [0.05, 0.1) is 18.2 Å². The van der Waals surface area contributed by atoms with Gasteiger partial charge in [0.15, 0.2) is 5.76 Å². The van der Waals surface area contributed by atoms with Crippen LogP contribution in [0.4, 0.5) is 0 Å². The summed E-state index contributed by atoms with van der Waals surface area (Å²) in [5, 5.41) is 4.39. The molecule has 0 aliphatic carbocycles. The number of allylic oxidation sites excluding steroid dienone is 2. The predicted molar refractivity (Wildman–Crippen MR) is 94.5 cm³/mol. The molecule has 1 aromatic carbocycles. The first-order valence-corrected chi connectivity index (χ1v) is 8.68. The molecule has 26 heavy (non-hydrogen) atoms. The van der Waals surface area contributed by atoms with Crippen LogP contribution in [0.3, 0.4) is 0 Å². The largest absolute Gasteiger partial charge is 0.452 e. The fraction of sp³-hybridized carbons (Fsp3) is 0.350. The second-order valence-corrected chi connectivity index (χ2v) is 7.19. The molecular formula is C20H20N2O4. The Labute approximate surface area is 151 Å². The quantitative estimate of drug-likeness (QED) is 0.467. The number of nitrogens with zero attached hydrogens (tertiary/aromatic N) is 2. The Morgan fingerprint density at radius 2 is 2.00 bits per heavy atom. The first kappa shape index (κ1) is 16.6. The van der Waals surface area contributed by atoms with Gasteiger partial charge in [0, 0.05) is 23.7 Å². The number of hydrogen-bond donors (Lipinski definition) is 0. The molecule has 0 radical (unpaired) electrons. The predicted octanol–water partition coefficient (Wildman–Crippen LogP) is 3.77. The number of Topliss-reactive ketones (excluding diaryl/α,β-unsaturated/α-hetero) is 1. The molecule has 1 atom stereocenters. The van der Waals surface area contributed by atoms with Crippen LogP contribution in [0.5, 0.6) is 11.5 Å². The van der Waals surface area contributed by atoms with Crippen LogP contribution in [0, 0.1) is 0 Å². The van der Waals surface area contributed by atoms with Gasteiger partial charge in [-0.1, -0.05) is 0 Å². The van der Waals surface area contributed by atoms with Gasteiger partial charge in [-0.05, 0) is 51.0 Å². The van der Waals surface area contributed by atoms with Crippen LogP contribution in [-0.2, 0) is 4.79 Å². The van der Waals surface area contributed by atoms with Crippen molar-refractivity contribution in [3.63, 3.8) is 0 Å². The summed E-state index contributed by atoms with van der Waals surface area (Å²) in [5.41, 5.74) is 2.98. The van der Waals surface area contributed by atoms with E-state index in [1.807, 2.05) is 38.6 Å². The molecule has 0 unspecified atom stereocenters. The number of esters is 1. The second-order valence-electron chi connectivity index (χ2n) is 7.19. The Hall–Kier alpha value is -2.89. The monoisotopic (exact) mass is 352 g/mol. The van der Waals surface area contributed by atoms with Crippen LogP contribution >= 0.6 is 0 Å². The molecule has 3 heterocycles. The lowest BCUT2D eigenvalue weighted by atomic mass is 9.86. The molecule has 6 nitrogen and oxygen atoms in total. The maximum Gasteiger partial charge on any atom is 0.312 e. The van der Waals surface area contributed by atoms with E-state index >= 15 is 0 Å². The summed E-state index contributed by atoms with van der Waals surface area (Å²) in [6.45, 7) is 7.77. The van der Waals surface area contributed by atoms with Crippen LogP contribution in [0.2, 0.25) is 0 Å². The van der Waals surface area contributed by atoms with Crippen molar-refractivity contribution in [2.75, 3.05) is 0 Å². The van der Waals surface area contributed by atoms with E-state index in [1.54, 1.807) is 18.3 Å². The third-order valence-corrected chi connectivity index (χ3v) is 4.76. The lowest BCUT2D eigenvalue weighted by Crippen LogP contribution is -2.21. The van der Waals surface area contributed by atoms with Crippen molar-refractivity contribution in [3.8, 4) is 11.5 Å². The molecule has 4 rings (SSSR count). The first-order chi connectivity index (χ1) is 12.4. The molecule has 0 N–H and O–H groups in total. The van der Waals surface area contributed by atoms with E-state index < -0.39 is 0 Å². The van der Waals surface area contributed by atoms with Gasteiger partial charge in [-0.2, -0.15) is 5.10 Å². The van der Waals surface area contributed by atoms with E-state index in [0.29, 0.717) is 22.8 Å². The second kappa shape index (κ2) is 5.83. The average Bonchev–Trinajstić information content (AvgIpc) is 3.19. The van der Waals surface area contributed by atoms with Crippen molar-refractivity contribution >= 4 is 11.8 Å². The van der Waals surface area contributed by atoms with Crippen LogP contribution in [0.1, 0.15) is 67.6 Å². The summed E-state index contributed by atoms with van der Waals surface area (Å²) >= 11 is 0. The van der Waals surface area contributed by atoms with Gasteiger partial charge in [0.1, 0.15) is 11.5 Å². The minimum absolute atomic E-state index is 0.128. The molecule has 0 saturated carbocycles. The van der Waals surface area contributed by atoms with Crippen molar-refractivity contribution < 1.29 is 19.1 Å². The molecule has 0 saturated heterocycles. The molecule has 0 fully saturated rings. The van der Waals surface area contributed by atoms with Crippen LogP contribution in [0.15, 0.2) is 35.9 Å². The fourth-order valence-electron chi connectivity index (χ4n) is 3.42. The van der Waals surface area contributed by atoms with Crippen LogP contribution in [-0.4, -0.2) is 21.5 Å². The van der Waals surface area contributed by atoms with Gasteiger partial charge in [-0.25, -0.2) is 0 Å². The van der Waals surface area contributed by atoms with Crippen LogP contribution in [0.25, 0.3) is 0 Å². The summed E-state index contributed by atoms with van der Waals surface area (Å²) in [5.74, 6) is 0.617. The van der Waals surface area contributed by atoms with Gasteiger partial charge < -0.3 is 9.47 Å². The van der Waals surface area contributed by atoms with E-state index in [0.717, 1.165) is 16.7 Å². The third-order valence-electron chi connectivity index (χ3n) is 4.76. The van der Waals surface area contributed by atoms with Gasteiger partial charge >= 0.3 is 5.97 Å². The standard InChI is InChI=1S/C20H20N2O4/c1-10(2)19-18(24)13-5-6-15-17(20(13)26-19)14(7-16(23)25-15)12-8-21-22(9-12)11(3)4/h5-6,8-9,11,14H,7H2,1-4H3/t14-/m1/s1. The maximum atomic E-state index is 12.6. The smallest absolute Gasteiger partial charge is 0.312 e. The van der Waals surface area contributed by atoms with Crippen molar-refractivity contribution in [1.29, 1.82) is 0 Å². The number of fused-ring (bicyclic) bond motifs is 3. The number of ether oxygens (including phenoxy) is 2. The lowest BCUT2D eigenvalue weighted by molar-refractivity contribution is -0.135. The minimum atomic E-state index is -0.300. The highest BCUT2D eigenvalue weighted by Crippen LogP contribution is 2.49. The highest BCUT2D eigenvalue weighted by molar-refractivity contribution is 6.13. The highest BCUT2D eigenvalue weighted by Gasteiger charge is 2.39. The minimum Gasteiger partial charge on any atom is -0.452 e. The van der Waals surface area contributed by atoms with Crippen LogP contribution < -0.4 is 9.47 Å². The van der Waals surface area contributed by atoms with E-state index in [-0.39, 0.29) is 30.1 Å². The van der Waals surface area contributed by atoms with E-state index in [9.17, 15) is 9.59 Å². The number of aromatic nitrogens is 2. The number of benzene rings is 1. The molecular weight excluding hydrogens is 332 g/mol. The van der Waals surface area contributed by atoms with Gasteiger partial charge in [0.25, 0.3) is 0 Å². The number of ketones is 1. The number of carbonyl (C=O) groups is 2. The SMILES string of the molecule is CC(C)=C1Oc2c(ccc3c2[C@@H](c2cnn(C(C)C)c2)CC(=O)O3)C1=O. The normalized spacial score (nSPS) is 18.5. The Bertz CT molecular complexity index is 964. The summed E-state index contributed by atoms with van der Waals surface area (Å²) < 4.78 is 13.2. The first-order valence-electron chi connectivity index (χ1n) is 8.68. The summed E-state index contributed by atoms with van der Waals surface area (Å²) in [6.07, 6.45) is 3.90. The zero-order valence-electron chi connectivity index (χ0n) is 15.2. The third kappa shape index (κ3) is 2.44. The van der Waals surface area contributed by atoms with Gasteiger partial charge in [-0.15, -0.1) is 0 Å². The van der Waals surface area contributed by atoms with Gasteiger partial charge in [0.2, 0.25) is 5.78 Å². The summed E-state index contributed by atoms with van der Waals surface area (Å²) in [4.78, 5) is 24.7. The molecule has 0 amide bonds.